The van der Waals surface area contributed by atoms with Crippen LogP contribution in [0.4, 0.5) is 20.2 Å². The van der Waals surface area contributed by atoms with Crippen LogP contribution in [0.1, 0.15) is 13.7 Å². The van der Waals surface area contributed by atoms with E-state index >= 15 is 4.39 Å². The molecule has 132 valence electrons. The maximum Gasteiger partial charge on any atom is 0.147 e. The summed E-state index contributed by atoms with van der Waals surface area (Å²) in [5.74, 6) is -1.55. The lowest BCUT2D eigenvalue weighted by Gasteiger charge is -2.16. The third-order valence-electron chi connectivity index (χ3n) is 3.76. The highest BCUT2D eigenvalue weighted by Crippen LogP contribution is 2.36. The van der Waals surface area contributed by atoms with Crippen LogP contribution < -0.4 is 5.32 Å². The number of rotatable bonds is 4. The number of anilines is 2. The van der Waals surface area contributed by atoms with E-state index in [0.29, 0.717) is 0 Å². The molecule has 0 heterocycles. The van der Waals surface area contributed by atoms with Gasteiger partial charge < -0.3 is 5.32 Å². The average molecular weight is 367 g/mol. The van der Waals surface area contributed by atoms with Gasteiger partial charge in [-0.15, -0.1) is 0 Å². The molecule has 4 rings (SSSR count). The van der Waals surface area contributed by atoms with Crippen LogP contribution in [0.2, 0.25) is 0 Å². The molecule has 0 aliphatic carbocycles. The Morgan fingerprint density at radius 1 is 0.667 bits per heavy atom. The van der Waals surface area contributed by atoms with Crippen LogP contribution >= 0.6 is 0 Å². The van der Waals surface area contributed by atoms with E-state index in [1.165, 1.54) is 18.2 Å². The molecule has 0 saturated carbocycles. The number of benzene rings is 4. The molecule has 3 heteroatoms. The van der Waals surface area contributed by atoms with Crippen LogP contribution in [0.3, 0.4) is 0 Å². The Hall–Kier alpha value is -3.46. The van der Waals surface area contributed by atoms with Crippen molar-refractivity contribution < 1.29 is 22.5 Å². The molecule has 4 aromatic rings. The zero-order chi connectivity index (χ0) is 27.3. The molecule has 0 aliphatic rings. The lowest BCUT2D eigenvalue weighted by Crippen LogP contribution is -1.98. The maximum atomic E-state index is 15.7. The summed E-state index contributed by atoms with van der Waals surface area (Å²) >= 11 is 0. The molecular weight excluding hydrogens is 340 g/mol. The zero-order valence-electron chi connectivity index (χ0n) is 23.7. The highest BCUT2D eigenvalue weighted by atomic mass is 19.1. The SMILES string of the molecule is [2H]c1c([2H])c([2H])c(-c2cc(F)c(Nc3ccc(F)cc3)c(-c3c([2H])c([2H])c([2H])c([2H])c3[2H])c2)c([2H])c1[2H]. The predicted octanol–water partition coefficient (Wildman–Crippen LogP) is 7.04. The monoisotopic (exact) mass is 367 g/mol. The molecule has 0 aromatic heterocycles. The van der Waals surface area contributed by atoms with Gasteiger partial charge in [-0.05, 0) is 53.1 Å². The second-order valence-electron chi connectivity index (χ2n) is 5.51. The normalized spacial score (nSPS) is 15.8. The van der Waals surface area contributed by atoms with Gasteiger partial charge in [0, 0.05) is 11.3 Å². The minimum absolute atomic E-state index is 0.166. The summed E-state index contributed by atoms with van der Waals surface area (Å²) in [6.45, 7) is 0. The fraction of sp³-hybridized carbons (Fsp3) is 0. The first-order valence-corrected chi connectivity index (χ1v) is 7.85. The molecule has 4 aromatic carbocycles. The number of nitrogens with one attached hydrogen (secondary N) is 1. The van der Waals surface area contributed by atoms with E-state index in [4.69, 9.17) is 13.7 Å². The molecule has 0 spiro atoms. The smallest absolute Gasteiger partial charge is 0.147 e. The predicted molar refractivity (Wildman–Crippen MR) is 107 cm³/mol. The number of halogens is 2. The van der Waals surface area contributed by atoms with Crippen molar-refractivity contribution in [2.45, 2.75) is 0 Å². The summed E-state index contributed by atoms with van der Waals surface area (Å²) in [4.78, 5) is 0. The van der Waals surface area contributed by atoms with E-state index in [2.05, 4.69) is 5.32 Å². The molecule has 0 aliphatic heterocycles. The van der Waals surface area contributed by atoms with E-state index in [1.807, 2.05) is 0 Å². The molecule has 1 N–H and O–H groups in total. The maximum absolute atomic E-state index is 15.7. The molecule has 1 nitrogen and oxygen atoms in total. The minimum Gasteiger partial charge on any atom is -0.353 e. The van der Waals surface area contributed by atoms with E-state index in [-0.39, 0.29) is 33.6 Å². The van der Waals surface area contributed by atoms with Crippen molar-refractivity contribution >= 4 is 11.4 Å². The van der Waals surface area contributed by atoms with Crippen molar-refractivity contribution in [2.24, 2.45) is 0 Å². The van der Waals surface area contributed by atoms with E-state index in [1.54, 1.807) is 0 Å². The largest absolute Gasteiger partial charge is 0.353 e. The van der Waals surface area contributed by atoms with Crippen molar-refractivity contribution in [1.29, 1.82) is 0 Å². The summed E-state index contributed by atoms with van der Waals surface area (Å²) in [6, 6.07) is 0.567. The van der Waals surface area contributed by atoms with Crippen LogP contribution in [0.25, 0.3) is 22.3 Å². The summed E-state index contributed by atoms with van der Waals surface area (Å²) in [7, 11) is 0. The zero-order valence-corrected chi connectivity index (χ0v) is 13.7. The summed E-state index contributed by atoms with van der Waals surface area (Å²) in [5.41, 5.74) is -1.18. The quantitative estimate of drug-likeness (QED) is 0.408. The number of hydrogen-bond donors (Lipinski definition) is 1. The second kappa shape index (κ2) is 7.42. The Morgan fingerprint density at radius 2 is 1.26 bits per heavy atom. The second-order valence-corrected chi connectivity index (χ2v) is 5.51. The van der Waals surface area contributed by atoms with Gasteiger partial charge in [-0.3, -0.25) is 0 Å². The summed E-state index contributed by atoms with van der Waals surface area (Å²) in [5, 5.41) is 2.74. The fourth-order valence-electron chi connectivity index (χ4n) is 2.53. The van der Waals surface area contributed by atoms with E-state index in [0.717, 1.165) is 18.2 Å². The average Bonchev–Trinajstić information content (AvgIpc) is 2.87. The van der Waals surface area contributed by atoms with Crippen LogP contribution in [0, 0.1) is 11.6 Å². The van der Waals surface area contributed by atoms with Crippen molar-refractivity contribution in [3.63, 3.8) is 0 Å². The van der Waals surface area contributed by atoms with Gasteiger partial charge in [-0.2, -0.15) is 0 Å². The first kappa shape index (κ1) is 8.96. The van der Waals surface area contributed by atoms with Crippen LogP contribution in [-0.4, -0.2) is 0 Å². The Labute approximate surface area is 171 Å². The van der Waals surface area contributed by atoms with Gasteiger partial charge in [0.05, 0.1) is 19.4 Å². The first-order valence-electron chi connectivity index (χ1n) is 12.9. The lowest BCUT2D eigenvalue weighted by atomic mass is 9.96. The van der Waals surface area contributed by atoms with Gasteiger partial charge in [0.2, 0.25) is 0 Å². The highest BCUT2D eigenvalue weighted by molar-refractivity contribution is 5.85. The van der Waals surface area contributed by atoms with E-state index < -0.39 is 72.1 Å². The highest BCUT2D eigenvalue weighted by Gasteiger charge is 2.14. The standard InChI is InChI=1S/C24H17F2N/c25-20-11-13-21(14-12-20)27-24-22(18-9-5-2-6-10-18)15-19(16-23(24)26)17-7-3-1-4-8-17/h1-16,27H/i1D,2D,3D,4D,5D,6D,7D,8D,9D,10D. The molecule has 0 unspecified atom stereocenters. The fourth-order valence-corrected chi connectivity index (χ4v) is 2.53. The molecule has 0 bridgehead atoms. The first-order chi connectivity index (χ1) is 17.3. The summed E-state index contributed by atoms with van der Waals surface area (Å²) < 4.78 is 110. The Kier molecular flexibility index (Phi) is 2.46. The van der Waals surface area contributed by atoms with Gasteiger partial charge in [0.1, 0.15) is 11.6 Å². The molecule has 0 fully saturated rings. The van der Waals surface area contributed by atoms with Crippen molar-refractivity contribution in [1.82, 2.24) is 0 Å². The Bertz CT molecular complexity index is 1510. The van der Waals surface area contributed by atoms with Crippen molar-refractivity contribution in [2.75, 3.05) is 5.32 Å². The Morgan fingerprint density at radius 3 is 1.89 bits per heavy atom. The van der Waals surface area contributed by atoms with Crippen LogP contribution in [-0.2, 0) is 0 Å². The van der Waals surface area contributed by atoms with Gasteiger partial charge >= 0.3 is 0 Å². The van der Waals surface area contributed by atoms with E-state index in [9.17, 15) is 4.39 Å². The lowest BCUT2D eigenvalue weighted by molar-refractivity contribution is 0.628. The Balaban J connectivity index is 2.09. The van der Waals surface area contributed by atoms with Gasteiger partial charge in [0.25, 0.3) is 0 Å². The molecular formula is C24H17F2N. The molecule has 0 atom stereocenters. The van der Waals surface area contributed by atoms with Crippen LogP contribution in [0.15, 0.2) is 96.8 Å². The van der Waals surface area contributed by atoms with Crippen molar-refractivity contribution in [3.05, 3.63) is 108 Å². The van der Waals surface area contributed by atoms with Gasteiger partial charge in [-0.25, -0.2) is 8.78 Å². The minimum atomic E-state index is -1.00. The molecule has 0 radical (unpaired) electrons. The third kappa shape index (κ3) is 3.72. The van der Waals surface area contributed by atoms with Gasteiger partial charge in [-0.1, -0.05) is 60.4 Å². The third-order valence-corrected chi connectivity index (χ3v) is 3.76. The summed E-state index contributed by atoms with van der Waals surface area (Å²) in [6.07, 6.45) is 0. The molecule has 0 saturated heterocycles. The van der Waals surface area contributed by atoms with Crippen LogP contribution in [0.5, 0.6) is 0 Å². The molecule has 0 amide bonds. The topological polar surface area (TPSA) is 12.0 Å². The van der Waals surface area contributed by atoms with Crippen molar-refractivity contribution in [3.8, 4) is 22.3 Å². The van der Waals surface area contributed by atoms with Gasteiger partial charge in [0.15, 0.2) is 0 Å². The molecule has 27 heavy (non-hydrogen) atoms. The number of hydrogen-bond acceptors (Lipinski definition) is 1.